The van der Waals surface area contributed by atoms with Gasteiger partial charge in [-0.1, -0.05) is 46.8 Å². The fourth-order valence-corrected chi connectivity index (χ4v) is 2.63. The van der Waals surface area contributed by atoms with Crippen LogP contribution in [0, 0.1) is 9.81 Å². The van der Waals surface area contributed by atoms with Crippen LogP contribution in [0.3, 0.4) is 0 Å². The first-order valence-electron chi connectivity index (χ1n) is 5.89. The van der Waals surface area contributed by atoms with Crippen LogP contribution in [0.1, 0.15) is 23.2 Å². The van der Waals surface area contributed by atoms with Crippen molar-refractivity contribution in [2.24, 2.45) is 10.4 Å². The maximum absolute atomic E-state index is 11.2. The summed E-state index contributed by atoms with van der Waals surface area (Å²) < 4.78 is 0. The molecule has 0 aromatic heterocycles. The molecule has 0 fully saturated rings. The van der Waals surface area contributed by atoms with E-state index in [2.05, 4.69) is 35.6 Å². The van der Waals surface area contributed by atoms with E-state index in [4.69, 9.17) is 0 Å². The molecule has 0 saturated carbocycles. The van der Waals surface area contributed by atoms with Gasteiger partial charge in [0, 0.05) is 9.79 Å². The van der Waals surface area contributed by atoms with E-state index in [0.717, 1.165) is 0 Å². The number of nitrogens with zero attached hydrogens (tertiary/aromatic N) is 2. The van der Waals surface area contributed by atoms with Crippen molar-refractivity contribution in [3.63, 3.8) is 0 Å². The second-order valence-corrected chi connectivity index (χ2v) is 5.18. The fourth-order valence-electron chi connectivity index (χ4n) is 2.04. The van der Waals surface area contributed by atoms with Gasteiger partial charge in [-0.2, -0.15) is 9.81 Å². The van der Waals surface area contributed by atoms with Crippen molar-refractivity contribution in [2.75, 3.05) is 0 Å². The minimum Gasteiger partial charge on any atom is -0.150 e. The van der Waals surface area contributed by atoms with Gasteiger partial charge in [0.1, 0.15) is 12.1 Å². The van der Waals surface area contributed by atoms with Crippen molar-refractivity contribution in [1.29, 1.82) is 0 Å². The van der Waals surface area contributed by atoms with Crippen LogP contribution in [-0.4, -0.2) is 0 Å². The summed E-state index contributed by atoms with van der Waals surface area (Å²) >= 11 is 8.60. The average Bonchev–Trinajstić information content (AvgIpc) is 2.47. The molecule has 102 valence electrons. The van der Waals surface area contributed by atoms with E-state index in [-0.39, 0.29) is 0 Å². The van der Waals surface area contributed by atoms with Crippen LogP contribution in [-0.2, 0) is 0 Å². The molecule has 20 heavy (non-hydrogen) atoms. The van der Waals surface area contributed by atoms with Crippen LogP contribution in [0.15, 0.2) is 68.7 Å². The quantitative estimate of drug-likeness (QED) is 0.627. The molecule has 0 N–H and O–H groups in total. The Morgan fingerprint density at radius 3 is 1.35 bits per heavy atom. The largest absolute Gasteiger partial charge is 0.150 e. The van der Waals surface area contributed by atoms with E-state index in [1.165, 1.54) is 0 Å². The van der Waals surface area contributed by atoms with E-state index in [1.54, 1.807) is 48.5 Å². The summed E-state index contributed by atoms with van der Waals surface area (Å²) in [6.45, 7) is 0. The summed E-state index contributed by atoms with van der Waals surface area (Å²) in [5.74, 6) is 0. The SMILES string of the molecule is O=NC(c1ccccc1S)C(N=O)c1ccccc1S. The lowest BCUT2D eigenvalue weighted by atomic mass is 9.94. The molecular formula is C14H12N2O2S2. The normalized spacial score (nSPS) is 13.5. The lowest BCUT2D eigenvalue weighted by molar-refractivity contribution is 0.557. The minimum absolute atomic E-state index is 0.576. The Hall–Kier alpha value is -1.66. The summed E-state index contributed by atoms with van der Waals surface area (Å²) in [7, 11) is 0. The molecule has 2 rings (SSSR count). The molecule has 0 heterocycles. The highest BCUT2D eigenvalue weighted by molar-refractivity contribution is 7.80. The van der Waals surface area contributed by atoms with Gasteiger partial charge in [0.05, 0.1) is 0 Å². The van der Waals surface area contributed by atoms with Crippen molar-refractivity contribution in [3.05, 3.63) is 69.5 Å². The average molecular weight is 304 g/mol. The zero-order chi connectivity index (χ0) is 14.5. The Labute approximate surface area is 127 Å². The third-order valence-electron chi connectivity index (χ3n) is 3.04. The van der Waals surface area contributed by atoms with Gasteiger partial charge < -0.3 is 0 Å². The lowest BCUT2D eigenvalue weighted by Crippen LogP contribution is -2.08. The van der Waals surface area contributed by atoms with E-state index in [0.29, 0.717) is 20.9 Å². The van der Waals surface area contributed by atoms with Crippen LogP contribution < -0.4 is 0 Å². The number of benzene rings is 2. The molecule has 0 aliphatic heterocycles. The van der Waals surface area contributed by atoms with Gasteiger partial charge in [-0.15, -0.1) is 25.3 Å². The summed E-state index contributed by atoms with van der Waals surface area (Å²) in [6, 6.07) is 12.2. The Kier molecular flexibility index (Phi) is 4.92. The van der Waals surface area contributed by atoms with E-state index in [9.17, 15) is 9.81 Å². The topological polar surface area (TPSA) is 58.9 Å². The van der Waals surface area contributed by atoms with Crippen LogP contribution in [0.2, 0.25) is 0 Å². The smallest absolute Gasteiger partial charge is 0.148 e. The van der Waals surface area contributed by atoms with Gasteiger partial charge in [-0.3, -0.25) is 0 Å². The summed E-state index contributed by atoms with van der Waals surface area (Å²) in [5, 5.41) is 6.16. The minimum atomic E-state index is -0.922. The second-order valence-electron chi connectivity index (χ2n) is 4.22. The summed E-state index contributed by atoms with van der Waals surface area (Å²) in [4.78, 5) is 23.7. The highest BCUT2D eigenvalue weighted by atomic mass is 32.1. The molecule has 0 saturated heterocycles. The fraction of sp³-hybridized carbons (Fsp3) is 0.143. The van der Waals surface area contributed by atoms with E-state index >= 15 is 0 Å². The first-order valence-corrected chi connectivity index (χ1v) is 6.79. The van der Waals surface area contributed by atoms with Gasteiger partial charge in [0.2, 0.25) is 0 Å². The summed E-state index contributed by atoms with van der Waals surface area (Å²) in [6.07, 6.45) is 0. The van der Waals surface area contributed by atoms with Gasteiger partial charge in [-0.05, 0) is 23.3 Å². The zero-order valence-corrected chi connectivity index (χ0v) is 12.2. The van der Waals surface area contributed by atoms with Crippen molar-refractivity contribution in [2.45, 2.75) is 21.9 Å². The second kappa shape index (κ2) is 6.67. The van der Waals surface area contributed by atoms with Crippen molar-refractivity contribution in [3.8, 4) is 0 Å². The third kappa shape index (κ3) is 2.91. The Morgan fingerprint density at radius 2 is 1.05 bits per heavy atom. The first kappa shape index (κ1) is 14.7. The number of thiol groups is 2. The van der Waals surface area contributed by atoms with Gasteiger partial charge >= 0.3 is 0 Å². The number of rotatable bonds is 5. The number of nitroso groups, excluding NO2 is 2. The van der Waals surface area contributed by atoms with Gasteiger partial charge in [0.15, 0.2) is 0 Å². The molecule has 0 radical (unpaired) electrons. The molecule has 2 unspecified atom stereocenters. The van der Waals surface area contributed by atoms with Crippen LogP contribution in [0.25, 0.3) is 0 Å². The maximum atomic E-state index is 11.2. The predicted molar refractivity (Wildman–Crippen MR) is 84.5 cm³/mol. The van der Waals surface area contributed by atoms with Crippen LogP contribution in [0.4, 0.5) is 0 Å². The number of hydrogen-bond donors (Lipinski definition) is 2. The molecular weight excluding hydrogens is 292 g/mol. The standard InChI is InChI=1S/C14H12N2O2S2/c17-15-13(9-5-1-3-7-11(9)19)14(16-18)10-6-2-4-8-12(10)20/h1-8,13-14,19-20H. The van der Waals surface area contributed by atoms with Crippen molar-refractivity contribution < 1.29 is 0 Å². The Balaban J connectivity index is 2.49. The molecule has 2 aromatic carbocycles. The monoisotopic (exact) mass is 304 g/mol. The zero-order valence-electron chi connectivity index (χ0n) is 10.4. The Bertz CT molecular complexity index is 579. The van der Waals surface area contributed by atoms with E-state index < -0.39 is 12.1 Å². The molecule has 2 aromatic rings. The van der Waals surface area contributed by atoms with Crippen molar-refractivity contribution in [1.82, 2.24) is 0 Å². The Morgan fingerprint density at radius 1 is 0.700 bits per heavy atom. The van der Waals surface area contributed by atoms with Gasteiger partial charge in [0.25, 0.3) is 0 Å². The molecule has 0 aliphatic carbocycles. The molecule has 6 heteroatoms. The lowest BCUT2D eigenvalue weighted by Gasteiger charge is -2.18. The van der Waals surface area contributed by atoms with Crippen LogP contribution in [0.5, 0.6) is 0 Å². The molecule has 0 bridgehead atoms. The molecule has 2 atom stereocenters. The number of hydrogen-bond acceptors (Lipinski definition) is 6. The maximum Gasteiger partial charge on any atom is 0.148 e. The molecule has 0 amide bonds. The van der Waals surface area contributed by atoms with Crippen LogP contribution >= 0.6 is 25.3 Å². The summed E-state index contributed by atoms with van der Waals surface area (Å²) in [5.41, 5.74) is 1.15. The highest BCUT2D eigenvalue weighted by Gasteiger charge is 2.29. The highest BCUT2D eigenvalue weighted by Crippen LogP contribution is 2.39. The molecule has 0 aliphatic rings. The molecule has 0 spiro atoms. The molecule has 4 nitrogen and oxygen atoms in total. The van der Waals surface area contributed by atoms with Crippen molar-refractivity contribution >= 4 is 25.3 Å². The predicted octanol–water partition coefficient (Wildman–Crippen LogP) is 4.58. The third-order valence-corrected chi connectivity index (χ3v) is 3.85. The van der Waals surface area contributed by atoms with E-state index in [1.807, 2.05) is 0 Å². The van der Waals surface area contributed by atoms with Gasteiger partial charge in [-0.25, -0.2) is 0 Å². The first-order chi connectivity index (χ1) is 9.69.